The van der Waals surface area contributed by atoms with Gasteiger partial charge in [-0.25, -0.2) is 0 Å². The van der Waals surface area contributed by atoms with Crippen LogP contribution in [0.25, 0.3) is 10.8 Å². The van der Waals surface area contributed by atoms with E-state index in [1.54, 1.807) is 12.1 Å². The van der Waals surface area contributed by atoms with E-state index in [0.717, 1.165) is 10.8 Å². The van der Waals surface area contributed by atoms with Gasteiger partial charge in [0, 0.05) is 22.5 Å². The Kier molecular flexibility index (Phi) is 3.99. The Labute approximate surface area is 126 Å². The molecule has 0 saturated carbocycles. The van der Waals surface area contributed by atoms with Crippen molar-refractivity contribution in [1.82, 2.24) is 0 Å². The van der Waals surface area contributed by atoms with E-state index < -0.39 is 5.41 Å². The molecule has 0 N–H and O–H groups in total. The summed E-state index contributed by atoms with van der Waals surface area (Å²) in [6.07, 6.45) is 0. The number of hydrogen-bond acceptors (Lipinski definition) is 2. The van der Waals surface area contributed by atoms with E-state index in [4.69, 9.17) is 0 Å². The minimum absolute atomic E-state index is 0.0578. The summed E-state index contributed by atoms with van der Waals surface area (Å²) in [6, 6.07) is 11.3. The predicted molar refractivity (Wildman–Crippen MR) is 86.9 cm³/mol. The molecule has 110 valence electrons. The van der Waals surface area contributed by atoms with Crippen LogP contribution in [0.5, 0.6) is 0 Å². The van der Waals surface area contributed by atoms with Crippen LogP contribution in [0.2, 0.25) is 0 Å². The Morgan fingerprint density at radius 1 is 0.857 bits per heavy atom. The van der Waals surface area contributed by atoms with Crippen molar-refractivity contribution < 1.29 is 9.59 Å². The van der Waals surface area contributed by atoms with Crippen molar-refractivity contribution in [2.45, 2.75) is 34.6 Å². The molecular formula is C19H22O2. The molecule has 0 saturated heterocycles. The third kappa shape index (κ3) is 2.90. The molecule has 0 unspecified atom stereocenters. The van der Waals surface area contributed by atoms with Crippen molar-refractivity contribution in [3.8, 4) is 0 Å². The van der Waals surface area contributed by atoms with E-state index in [9.17, 15) is 9.59 Å². The first kappa shape index (κ1) is 15.4. The van der Waals surface area contributed by atoms with Crippen LogP contribution >= 0.6 is 0 Å². The van der Waals surface area contributed by atoms with Crippen molar-refractivity contribution in [2.75, 3.05) is 0 Å². The average Bonchev–Trinajstić information content (AvgIpc) is 2.43. The second kappa shape index (κ2) is 5.44. The lowest BCUT2D eigenvalue weighted by Gasteiger charge is -2.19. The molecule has 2 rings (SSSR count). The van der Waals surface area contributed by atoms with E-state index in [-0.39, 0.29) is 17.5 Å². The van der Waals surface area contributed by atoms with Crippen LogP contribution < -0.4 is 0 Å². The van der Waals surface area contributed by atoms with Crippen LogP contribution in [-0.4, -0.2) is 11.6 Å². The fraction of sp³-hybridized carbons (Fsp3) is 0.368. The normalized spacial score (nSPS) is 11.9. The summed E-state index contributed by atoms with van der Waals surface area (Å²) in [5, 5.41) is 1.73. The van der Waals surface area contributed by atoms with Gasteiger partial charge < -0.3 is 0 Å². The monoisotopic (exact) mass is 282 g/mol. The molecule has 2 nitrogen and oxygen atoms in total. The maximum absolute atomic E-state index is 12.6. The summed E-state index contributed by atoms with van der Waals surface area (Å²) < 4.78 is 0. The number of Topliss-reactive ketones (excluding diaryl/α,β-unsaturated/α-hetero) is 2. The summed E-state index contributed by atoms with van der Waals surface area (Å²) in [7, 11) is 0. The summed E-state index contributed by atoms with van der Waals surface area (Å²) in [4.78, 5) is 25.0. The quantitative estimate of drug-likeness (QED) is 0.750. The van der Waals surface area contributed by atoms with Crippen molar-refractivity contribution in [2.24, 2.45) is 11.3 Å². The van der Waals surface area contributed by atoms with Crippen molar-refractivity contribution in [3.63, 3.8) is 0 Å². The van der Waals surface area contributed by atoms with Crippen molar-refractivity contribution >= 4 is 22.3 Å². The molecule has 2 aromatic carbocycles. The molecule has 0 aliphatic carbocycles. The highest BCUT2D eigenvalue weighted by Gasteiger charge is 2.25. The number of rotatable bonds is 3. The lowest BCUT2D eigenvalue weighted by molar-refractivity contribution is 0.0859. The van der Waals surface area contributed by atoms with Gasteiger partial charge >= 0.3 is 0 Å². The Morgan fingerprint density at radius 2 is 1.33 bits per heavy atom. The molecular weight excluding hydrogens is 260 g/mol. The number of hydrogen-bond donors (Lipinski definition) is 0. The number of fused-ring (bicyclic) bond motifs is 1. The zero-order valence-electron chi connectivity index (χ0n) is 13.4. The maximum atomic E-state index is 12.6. The van der Waals surface area contributed by atoms with Gasteiger partial charge in [0.25, 0.3) is 0 Å². The van der Waals surface area contributed by atoms with Gasteiger partial charge in [0.15, 0.2) is 11.6 Å². The van der Waals surface area contributed by atoms with Crippen molar-refractivity contribution in [1.29, 1.82) is 0 Å². The highest BCUT2D eigenvalue weighted by Crippen LogP contribution is 2.29. The molecule has 0 bridgehead atoms. The second-order valence-electron chi connectivity index (χ2n) is 6.80. The predicted octanol–water partition coefficient (Wildman–Crippen LogP) is 4.91. The minimum atomic E-state index is -0.438. The zero-order chi connectivity index (χ0) is 15.8. The van der Waals surface area contributed by atoms with E-state index in [1.165, 1.54) is 0 Å². The molecule has 21 heavy (non-hydrogen) atoms. The summed E-state index contributed by atoms with van der Waals surface area (Å²) >= 11 is 0. The smallest absolute Gasteiger partial charge is 0.168 e. The zero-order valence-corrected chi connectivity index (χ0v) is 13.4. The maximum Gasteiger partial charge on any atom is 0.168 e. The summed E-state index contributed by atoms with van der Waals surface area (Å²) in [6.45, 7) is 9.53. The minimum Gasteiger partial charge on any atom is -0.294 e. The first-order valence-electron chi connectivity index (χ1n) is 7.34. The highest BCUT2D eigenvalue weighted by molar-refractivity contribution is 6.16. The summed E-state index contributed by atoms with van der Waals surface area (Å²) in [5.41, 5.74) is 0.955. The van der Waals surface area contributed by atoms with E-state index in [1.807, 2.05) is 58.9 Å². The fourth-order valence-corrected chi connectivity index (χ4v) is 2.43. The lowest BCUT2D eigenvalue weighted by atomic mass is 9.83. The van der Waals surface area contributed by atoms with Gasteiger partial charge in [-0.1, -0.05) is 71.0 Å². The van der Waals surface area contributed by atoms with Gasteiger partial charge in [0.2, 0.25) is 0 Å². The summed E-state index contributed by atoms with van der Waals surface area (Å²) in [5.74, 6) is 0.153. The van der Waals surface area contributed by atoms with Crippen LogP contribution in [0.4, 0.5) is 0 Å². The van der Waals surface area contributed by atoms with E-state index >= 15 is 0 Å². The molecule has 0 atom stereocenters. The number of benzene rings is 2. The topological polar surface area (TPSA) is 34.1 Å². The number of carbonyl (C=O) groups is 2. The van der Waals surface area contributed by atoms with Gasteiger partial charge in [-0.15, -0.1) is 0 Å². The molecule has 2 aromatic rings. The van der Waals surface area contributed by atoms with Crippen molar-refractivity contribution in [3.05, 3.63) is 47.5 Å². The van der Waals surface area contributed by atoms with Gasteiger partial charge in [0.1, 0.15) is 0 Å². The standard InChI is InChI=1S/C19H22O2/c1-12(2)17(20)15-10-11-16(18(21)19(3,4)5)14-9-7-6-8-13(14)15/h6-12H,1-5H3. The first-order valence-corrected chi connectivity index (χ1v) is 7.34. The highest BCUT2D eigenvalue weighted by atomic mass is 16.1. The Morgan fingerprint density at radius 3 is 1.81 bits per heavy atom. The Hall–Kier alpha value is -1.96. The van der Waals surface area contributed by atoms with Crippen LogP contribution in [0, 0.1) is 11.3 Å². The van der Waals surface area contributed by atoms with Gasteiger partial charge in [-0.2, -0.15) is 0 Å². The average molecular weight is 282 g/mol. The third-order valence-electron chi connectivity index (χ3n) is 3.64. The molecule has 0 heterocycles. The second-order valence-corrected chi connectivity index (χ2v) is 6.80. The molecule has 0 radical (unpaired) electrons. The van der Waals surface area contributed by atoms with E-state index in [0.29, 0.717) is 11.1 Å². The molecule has 0 aliphatic rings. The molecule has 0 aromatic heterocycles. The van der Waals surface area contributed by atoms with Crippen LogP contribution in [0.15, 0.2) is 36.4 Å². The van der Waals surface area contributed by atoms with Crippen LogP contribution in [0.1, 0.15) is 55.3 Å². The third-order valence-corrected chi connectivity index (χ3v) is 3.64. The van der Waals surface area contributed by atoms with E-state index in [2.05, 4.69) is 0 Å². The Bertz CT molecular complexity index is 703. The number of carbonyl (C=O) groups excluding carboxylic acids is 2. The van der Waals surface area contributed by atoms with Gasteiger partial charge in [-0.3, -0.25) is 9.59 Å². The molecule has 0 fully saturated rings. The number of ketones is 2. The Balaban J connectivity index is 2.72. The fourth-order valence-electron chi connectivity index (χ4n) is 2.43. The van der Waals surface area contributed by atoms with Crippen LogP contribution in [0.3, 0.4) is 0 Å². The first-order chi connectivity index (χ1) is 9.73. The SMILES string of the molecule is CC(C)C(=O)c1ccc(C(=O)C(C)(C)C)c2ccccc12. The van der Waals surface area contributed by atoms with Crippen LogP contribution in [-0.2, 0) is 0 Å². The molecule has 2 heteroatoms. The van der Waals surface area contributed by atoms with Gasteiger partial charge in [0.05, 0.1) is 0 Å². The molecule has 0 spiro atoms. The largest absolute Gasteiger partial charge is 0.294 e. The molecule has 0 amide bonds. The van der Waals surface area contributed by atoms with Gasteiger partial charge in [-0.05, 0) is 10.8 Å². The molecule has 0 aliphatic heterocycles. The lowest BCUT2D eigenvalue weighted by Crippen LogP contribution is -2.21.